The Balaban J connectivity index is 1.61. The quantitative estimate of drug-likeness (QED) is 0.787. The summed E-state index contributed by atoms with van der Waals surface area (Å²) in [6.07, 6.45) is 2.10. The van der Waals surface area contributed by atoms with E-state index in [0.717, 1.165) is 30.1 Å². The molecule has 2 aromatic rings. The molecular weight excluding hydrogens is 288 g/mol. The van der Waals surface area contributed by atoms with Gasteiger partial charge in [0.25, 0.3) is 0 Å². The van der Waals surface area contributed by atoms with Gasteiger partial charge >= 0.3 is 0 Å². The Hall–Kier alpha value is -2.16. The Labute approximate surface area is 138 Å². The van der Waals surface area contributed by atoms with E-state index in [9.17, 15) is 0 Å². The van der Waals surface area contributed by atoms with Crippen molar-refractivity contribution in [2.75, 3.05) is 13.9 Å². The first-order chi connectivity index (χ1) is 11.2. The van der Waals surface area contributed by atoms with E-state index < -0.39 is 0 Å². The van der Waals surface area contributed by atoms with Gasteiger partial charge in [0.15, 0.2) is 11.5 Å². The van der Waals surface area contributed by atoms with Crippen LogP contribution in [0.2, 0.25) is 0 Å². The highest BCUT2D eigenvalue weighted by molar-refractivity contribution is 5.44. The lowest BCUT2D eigenvalue weighted by molar-refractivity contribution is 0.174. The fourth-order valence-corrected chi connectivity index (χ4v) is 3.01. The molecule has 1 aliphatic rings. The van der Waals surface area contributed by atoms with E-state index in [1.165, 1.54) is 11.1 Å². The zero-order chi connectivity index (χ0) is 16.2. The summed E-state index contributed by atoms with van der Waals surface area (Å²) in [4.78, 5) is 0. The van der Waals surface area contributed by atoms with E-state index in [2.05, 4.69) is 44.2 Å². The van der Waals surface area contributed by atoms with Gasteiger partial charge in [-0.1, -0.05) is 32.0 Å². The highest BCUT2D eigenvalue weighted by Gasteiger charge is 2.17. The van der Waals surface area contributed by atoms with Crippen molar-refractivity contribution in [3.8, 4) is 17.2 Å². The van der Waals surface area contributed by atoms with Gasteiger partial charge in [-0.15, -0.1) is 0 Å². The van der Waals surface area contributed by atoms with E-state index in [0.29, 0.717) is 18.6 Å². The van der Waals surface area contributed by atoms with Crippen LogP contribution in [0.1, 0.15) is 25.0 Å². The second-order valence-electron chi connectivity index (χ2n) is 6.40. The number of fused-ring (bicyclic) bond motifs is 1. The third-order valence-electron chi connectivity index (χ3n) is 4.66. The Morgan fingerprint density at radius 2 is 1.61 bits per heavy atom. The topological polar surface area (TPSA) is 27.7 Å². The number of benzene rings is 2. The third-order valence-corrected chi connectivity index (χ3v) is 4.66. The van der Waals surface area contributed by atoms with Crippen LogP contribution in [0.15, 0.2) is 42.5 Å². The van der Waals surface area contributed by atoms with Crippen LogP contribution < -0.4 is 14.2 Å². The molecule has 0 bridgehead atoms. The van der Waals surface area contributed by atoms with Crippen molar-refractivity contribution in [3.63, 3.8) is 0 Å². The molecule has 2 atom stereocenters. The maximum absolute atomic E-state index is 5.47. The largest absolute Gasteiger partial charge is 0.497 e. The minimum Gasteiger partial charge on any atom is -0.497 e. The maximum Gasteiger partial charge on any atom is 0.231 e. The Bertz CT molecular complexity index is 666. The molecule has 3 heteroatoms. The van der Waals surface area contributed by atoms with Crippen LogP contribution in [0.5, 0.6) is 17.2 Å². The van der Waals surface area contributed by atoms with Crippen LogP contribution in [0.25, 0.3) is 0 Å². The van der Waals surface area contributed by atoms with Gasteiger partial charge in [-0.25, -0.2) is 0 Å². The van der Waals surface area contributed by atoms with Crippen molar-refractivity contribution in [2.45, 2.75) is 26.7 Å². The molecule has 0 saturated carbocycles. The summed E-state index contributed by atoms with van der Waals surface area (Å²) in [5.74, 6) is 3.83. The zero-order valence-electron chi connectivity index (χ0n) is 14.0. The van der Waals surface area contributed by atoms with Crippen molar-refractivity contribution in [1.29, 1.82) is 0 Å². The van der Waals surface area contributed by atoms with Gasteiger partial charge < -0.3 is 14.2 Å². The molecule has 2 aromatic carbocycles. The van der Waals surface area contributed by atoms with Crippen molar-refractivity contribution in [1.82, 2.24) is 0 Å². The molecule has 1 unspecified atom stereocenters. The molecule has 0 aromatic heterocycles. The van der Waals surface area contributed by atoms with Gasteiger partial charge in [0.1, 0.15) is 5.75 Å². The van der Waals surface area contributed by atoms with Gasteiger partial charge in [-0.05, 0) is 60.1 Å². The zero-order valence-corrected chi connectivity index (χ0v) is 14.0. The summed E-state index contributed by atoms with van der Waals surface area (Å²) in [5, 5.41) is 0. The molecule has 0 aliphatic carbocycles. The Kier molecular flexibility index (Phi) is 4.75. The first-order valence-electron chi connectivity index (χ1n) is 8.17. The highest BCUT2D eigenvalue weighted by Crippen LogP contribution is 2.33. The normalized spacial score (nSPS) is 15.3. The Morgan fingerprint density at radius 1 is 0.913 bits per heavy atom. The molecule has 0 N–H and O–H groups in total. The van der Waals surface area contributed by atoms with Gasteiger partial charge in [-0.2, -0.15) is 0 Å². The smallest absolute Gasteiger partial charge is 0.231 e. The number of methoxy groups -OCH3 is 1. The van der Waals surface area contributed by atoms with Gasteiger partial charge in [0, 0.05) is 0 Å². The summed E-state index contributed by atoms with van der Waals surface area (Å²) in [7, 11) is 1.71. The van der Waals surface area contributed by atoms with E-state index in [4.69, 9.17) is 14.2 Å². The first kappa shape index (κ1) is 15.7. The van der Waals surface area contributed by atoms with Crippen molar-refractivity contribution in [2.24, 2.45) is 11.8 Å². The summed E-state index contributed by atoms with van der Waals surface area (Å²) >= 11 is 0. The second-order valence-corrected chi connectivity index (χ2v) is 6.40. The minimum atomic E-state index is 0.334. The predicted molar refractivity (Wildman–Crippen MR) is 91.3 cm³/mol. The van der Waals surface area contributed by atoms with E-state index in [1.807, 2.05) is 12.1 Å². The van der Waals surface area contributed by atoms with E-state index in [1.54, 1.807) is 7.11 Å². The van der Waals surface area contributed by atoms with Crippen molar-refractivity contribution < 1.29 is 14.2 Å². The molecule has 1 aliphatic heterocycles. The van der Waals surface area contributed by atoms with Crippen LogP contribution in [0.3, 0.4) is 0 Å². The van der Waals surface area contributed by atoms with Gasteiger partial charge in [-0.3, -0.25) is 0 Å². The number of rotatable bonds is 6. The standard InChI is InChI=1S/C20H24O3/c1-14(9-16-5-4-6-18(11-16)21-3)15(2)10-17-7-8-19-20(12-17)23-13-22-19/h4-8,11-12,14-15H,9-10,13H2,1-3H3/t14?,15-/m1/s1. The highest BCUT2D eigenvalue weighted by atomic mass is 16.7. The predicted octanol–water partition coefficient (Wildman–Crippen LogP) is 4.48. The number of hydrogen-bond acceptors (Lipinski definition) is 3. The molecule has 0 fully saturated rings. The summed E-state index contributed by atoms with van der Waals surface area (Å²) in [6.45, 7) is 4.97. The molecule has 3 rings (SSSR count). The summed E-state index contributed by atoms with van der Waals surface area (Å²) < 4.78 is 16.1. The molecule has 0 amide bonds. The average molecular weight is 312 g/mol. The third kappa shape index (κ3) is 3.79. The fraction of sp³-hybridized carbons (Fsp3) is 0.400. The van der Waals surface area contributed by atoms with Gasteiger partial charge in [0.05, 0.1) is 7.11 Å². The van der Waals surface area contributed by atoms with Crippen LogP contribution in [-0.2, 0) is 12.8 Å². The molecule has 23 heavy (non-hydrogen) atoms. The lowest BCUT2D eigenvalue weighted by atomic mass is 9.85. The second kappa shape index (κ2) is 6.95. The minimum absolute atomic E-state index is 0.334. The molecule has 0 saturated heterocycles. The lowest BCUT2D eigenvalue weighted by Crippen LogP contribution is -2.13. The van der Waals surface area contributed by atoms with Crippen LogP contribution >= 0.6 is 0 Å². The summed E-state index contributed by atoms with van der Waals surface area (Å²) in [5.41, 5.74) is 2.63. The lowest BCUT2D eigenvalue weighted by Gasteiger charge is -2.20. The van der Waals surface area contributed by atoms with Crippen molar-refractivity contribution in [3.05, 3.63) is 53.6 Å². The summed E-state index contributed by atoms with van der Waals surface area (Å²) in [6, 6.07) is 14.6. The maximum atomic E-state index is 5.47. The van der Waals surface area contributed by atoms with E-state index >= 15 is 0 Å². The van der Waals surface area contributed by atoms with E-state index in [-0.39, 0.29) is 0 Å². The molecular formula is C20H24O3. The van der Waals surface area contributed by atoms with Gasteiger partial charge in [0.2, 0.25) is 6.79 Å². The molecule has 0 radical (unpaired) electrons. The number of hydrogen-bond donors (Lipinski definition) is 0. The van der Waals surface area contributed by atoms with Crippen molar-refractivity contribution >= 4 is 0 Å². The molecule has 1 heterocycles. The average Bonchev–Trinajstić information content (AvgIpc) is 3.02. The first-order valence-corrected chi connectivity index (χ1v) is 8.17. The monoisotopic (exact) mass is 312 g/mol. The number of ether oxygens (including phenoxy) is 3. The fourth-order valence-electron chi connectivity index (χ4n) is 3.01. The molecule has 122 valence electrons. The molecule has 3 nitrogen and oxygen atoms in total. The molecule has 0 spiro atoms. The Morgan fingerprint density at radius 3 is 2.35 bits per heavy atom. The van der Waals surface area contributed by atoms with Crippen LogP contribution in [0.4, 0.5) is 0 Å². The van der Waals surface area contributed by atoms with Crippen LogP contribution in [-0.4, -0.2) is 13.9 Å². The van der Waals surface area contributed by atoms with Crippen LogP contribution in [0, 0.1) is 11.8 Å². The SMILES string of the molecule is COc1cccc(CC(C)[C@H](C)Cc2ccc3c(c2)OCO3)c1.